The van der Waals surface area contributed by atoms with Crippen molar-refractivity contribution in [3.8, 4) is 0 Å². The highest BCUT2D eigenvalue weighted by Crippen LogP contribution is 2.57. The van der Waals surface area contributed by atoms with Gasteiger partial charge in [0.25, 0.3) is 7.49 Å². The van der Waals surface area contributed by atoms with Crippen LogP contribution in [0.15, 0.2) is 138 Å². The van der Waals surface area contributed by atoms with Crippen LogP contribution < -0.4 is 28.3 Å². The van der Waals surface area contributed by atoms with Crippen LogP contribution in [0.25, 0.3) is 10.8 Å². The fourth-order valence-corrected chi connectivity index (χ4v) is 7.59. The van der Waals surface area contributed by atoms with Gasteiger partial charge in [-0.05, 0) is 47.9 Å². The SMILES string of the molecule is FC(F)(F)C(=Nc1cccc2ccccc12)O[P+](c1ccccc1)(c1ccccc1)c1ccccc1.[Cl-]. The average Bonchev–Trinajstić information content (AvgIpc) is 2.92. The van der Waals surface area contributed by atoms with Gasteiger partial charge in [-0.25, -0.2) is 4.99 Å². The van der Waals surface area contributed by atoms with Crippen LogP contribution in [0.3, 0.4) is 0 Å². The number of hydrogen-bond donors (Lipinski definition) is 0. The monoisotopic (exact) mass is 535 g/mol. The predicted molar refractivity (Wildman–Crippen MR) is 143 cm³/mol. The molecule has 5 rings (SSSR count). The summed E-state index contributed by atoms with van der Waals surface area (Å²) in [5.41, 5.74) is 0.202. The molecule has 0 aromatic heterocycles. The van der Waals surface area contributed by atoms with Crippen molar-refractivity contribution in [2.24, 2.45) is 4.99 Å². The van der Waals surface area contributed by atoms with Crippen molar-refractivity contribution in [1.29, 1.82) is 0 Å². The van der Waals surface area contributed by atoms with Gasteiger partial charge in [0.1, 0.15) is 15.9 Å². The molecule has 186 valence electrons. The summed E-state index contributed by atoms with van der Waals surface area (Å²) in [5.74, 6) is -1.27. The summed E-state index contributed by atoms with van der Waals surface area (Å²) >= 11 is 0. The van der Waals surface area contributed by atoms with Crippen LogP contribution in [0, 0.1) is 0 Å². The highest BCUT2D eigenvalue weighted by molar-refractivity contribution is 7.92. The molecule has 0 heterocycles. The van der Waals surface area contributed by atoms with E-state index in [1.54, 1.807) is 24.3 Å². The molecule has 0 unspecified atom stereocenters. The Bertz CT molecular complexity index is 1390. The summed E-state index contributed by atoms with van der Waals surface area (Å²) in [4.78, 5) is 4.12. The quantitative estimate of drug-likeness (QED) is 0.186. The fraction of sp³-hybridized carbons (Fsp3) is 0.0333. The zero-order valence-corrected chi connectivity index (χ0v) is 21.2. The number of fused-ring (bicyclic) bond motifs is 1. The third-order valence-electron chi connectivity index (χ3n) is 5.81. The molecular weight excluding hydrogens is 514 g/mol. The van der Waals surface area contributed by atoms with Gasteiger partial charge in [0.15, 0.2) is 0 Å². The molecule has 0 atom stereocenters. The first-order chi connectivity index (χ1) is 17.5. The van der Waals surface area contributed by atoms with Gasteiger partial charge >= 0.3 is 12.1 Å². The van der Waals surface area contributed by atoms with E-state index in [1.807, 2.05) is 109 Å². The highest BCUT2D eigenvalue weighted by atomic mass is 35.5. The minimum atomic E-state index is -4.82. The van der Waals surface area contributed by atoms with E-state index < -0.39 is 19.6 Å². The van der Waals surface area contributed by atoms with Gasteiger partial charge in [0, 0.05) is 5.39 Å². The molecule has 0 aliphatic rings. The van der Waals surface area contributed by atoms with Crippen LogP contribution in [0.4, 0.5) is 18.9 Å². The van der Waals surface area contributed by atoms with Crippen LogP contribution in [0.2, 0.25) is 0 Å². The van der Waals surface area contributed by atoms with Crippen LogP contribution in [-0.2, 0) is 4.52 Å². The van der Waals surface area contributed by atoms with Gasteiger partial charge in [-0.1, -0.05) is 91.0 Å². The lowest BCUT2D eigenvalue weighted by atomic mass is 10.1. The fourth-order valence-electron chi connectivity index (χ4n) is 4.20. The Morgan fingerprint density at radius 1 is 0.568 bits per heavy atom. The maximum absolute atomic E-state index is 14.6. The van der Waals surface area contributed by atoms with E-state index in [0.717, 1.165) is 5.39 Å². The normalized spacial score (nSPS) is 12.1. The van der Waals surface area contributed by atoms with Gasteiger partial charge in [-0.2, -0.15) is 13.2 Å². The van der Waals surface area contributed by atoms with Crippen LogP contribution in [0.5, 0.6) is 0 Å². The minimum Gasteiger partial charge on any atom is -1.00 e. The second-order valence-corrected chi connectivity index (χ2v) is 11.1. The molecule has 5 aromatic carbocycles. The maximum Gasteiger partial charge on any atom is 0.473 e. The molecule has 37 heavy (non-hydrogen) atoms. The molecule has 2 nitrogen and oxygen atoms in total. The van der Waals surface area contributed by atoms with E-state index in [-0.39, 0.29) is 18.1 Å². The van der Waals surface area contributed by atoms with E-state index >= 15 is 0 Å². The smallest absolute Gasteiger partial charge is 0.473 e. The second-order valence-electron chi connectivity index (χ2n) is 8.12. The Morgan fingerprint density at radius 3 is 1.49 bits per heavy atom. The second kappa shape index (κ2) is 11.2. The first-order valence-corrected chi connectivity index (χ1v) is 13.1. The van der Waals surface area contributed by atoms with Crippen molar-refractivity contribution in [3.63, 3.8) is 0 Å². The van der Waals surface area contributed by atoms with Crippen LogP contribution >= 0.6 is 7.49 Å². The summed E-state index contributed by atoms with van der Waals surface area (Å²) in [7, 11) is -3.25. The predicted octanol–water partition coefficient (Wildman–Crippen LogP) is 4.36. The Morgan fingerprint density at radius 2 is 1.00 bits per heavy atom. The van der Waals surface area contributed by atoms with Gasteiger partial charge in [0.2, 0.25) is 0 Å². The Labute approximate surface area is 220 Å². The molecule has 0 saturated heterocycles. The molecule has 0 aliphatic carbocycles. The first kappa shape index (κ1) is 26.4. The van der Waals surface area contributed by atoms with E-state index in [1.165, 1.54) is 0 Å². The van der Waals surface area contributed by atoms with E-state index in [0.29, 0.717) is 21.3 Å². The standard InChI is InChI=1S/C30H22F3NOP.ClH/c31-30(32,33)29(34-28-22-12-14-23-13-10-11-21-27(23)28)35-36(24-15-4-1-5-16-24,25-17-6-2-7-18-25)26-19-8-3-9-20-26;/h1-22H;1H/q+1;/p-1. The third kappa shape index (κ3) is 5.39. The van der Waals surface area contributed by atoms with Crippen molar-refractivity contribution in [2.45, 2.75) is 6.18 Å². The molecule has 0 amide bonds. The number of benzene rings is 5. The Hall–Kier alpha value is -3.66. The molecule has 0 fully saturated rings. The topological polar surface area (TPSA) is 21.6 Å². The van der Waals surface area contributed by atoms with E-state index in [2.05, 4.69) is 4.99 Å². The van der Waals surface area contributed by atoms with Crippen molar-refractivity contribution in [2.75, 3.05) is 0 Å². The van der Waals surface area contributed by atoms with Crippen molar-refractivity contribution < 1.29 is 30.1 Å². The number of aliphatic imine (C=N–C) groups is 1. The molecule has 0 spiro atoms. The number of halogens is 4. The molecule has 0 saturated carbocycles. The van der Waals surface area contributed by atoms with Gasteiger partial charge in [-0.15, -0.1) is 0 Å². The molecular formula is C30H22ClF3NOP. The summed E-state index contributed by atoms with van der Waals surface area (Å²) in [6.07, 6.45) is -4.82. The zero-order chi connectivity index (χ0) is 25.0. The van der Waals surface area contributed by atoms with E-state index in [9.17, 15) is 13.2 Å². The first-order valence-electron chi connectivity index (χ1n) is 11.4. The molecule has 0 bridgehead atoms. The van der Waals surface area contributed by atoms with Crippen LogP contribution in [-0.4, -0.2) is 12.1 Å². The van der Waals surface area contributed by atoms with Gasteiger partial charge in [0.05, 0.1) is 5.69 Å². The molecule has 5 aromatic rings. The highest BCUT2D eigenvalue weighted by Gasteiger charge is 2.55. The number of nitrogens with zero attached hydrogens (tertiary/aromatic N) is 1. The number of hydrogen-bond acceptors (Lipinski definition) is 2. The average molecular weight is 536 g/mol. The van der Waals surface area contributed by atoms with Crippen molar-refractivity contribution in [3.05, 3.63) is 133 Å². The largest absolute Gasteiger partial charge is 1.00 e. The Balaban J connectivity index is 0.00000320. The minimum absolute atomic E-state index is 0. The molecule has 0 N–H and O–H groups in total. The molecule has 0 aliphatic heterocycles. The van der Waals surface area contributed by atoms with Crippen LogP contribution in [0.1, 0.15) is 0 Å². The molecule has 7 heteroatoms. The lowest BCUT2D eigenvalue weighted by Crippen LogP contribution is -3.00. The van der Waals surface area contributed by atoms with Gasteiger partial charge < -0.3 is 16.9 Å². The van der Waals surface area contributed by atoms with Crippen molar-refractivity contribution >= 4 is 45.8 Å². The number of rotatable bonds is 5. The van der Waals surface area contributed by atoms with E-state index in [4.69, 9.17) is 4.52 Å². The maximum atomic E-state index is 14.6. The van der Waals surface area contributed by atoms with Crippen molar-refractivity contribution in [1.82, 2.24) is 0 Å². The Kier molecular flexibility index (Phi) is 7.97. The summed E-state index contributed by atoms with van der Waals surface area (Å²) in [6, 6.07) is 39.7. The lowest BCUT2D eigenvalue weighted by Gasteiger charge is -2.27. The van der Waals surface area contributed by atoms with Gasteiger partial charge in [-0.3, -0.25) is 0 Å². The third-order valence-corrected chi connectivity index (χ3v) is 9.34. The lowest BCUT2D eigenvalue weighted by molar-refractivity contribution is -0.0703. The summed E-state index contributed by atoms with van der Waals surface area (Å²) in [6.45, 7) is 0. The summed E-state index contributed by atoms with van der Waals surface area (Å²) in [5, 5.41) is 3.41. The molecule has 0 radical (unpaired) electrons. The number of alkyl halides is 3. The summed E-state index contributed by atoms with van der Waals surface area (Å²) < 4.78 is 50.2. The zero-order valence-electron chi connectivity index (χ0n) is 19.5.